The summed E-state index contributed by atoms with van der Waals surface area (Å²) in [5, 5.41) is 11.5. The zero-order valence-corrected chi connectivity index (χ0v) is 11.8. The molecule has 0 atom stereocenters. The molecule has 110 valence electrons. The number of benzene rings is 1. The van der Waals surface area contributed by atoms with Crippen LogP contribution in [0.2, 0.25) is 0 Å². The van der Waals surface area contributed by atoms with Gasteiger partial charge < -0.3 is 20.6 Å². The first-order valence-corrected chi connectivity index (χ1v) is 6.80. The summed E-state index contributed by atoms with van der Waals surface area (Å²) in [5.74, 6) is 1.18. The van der Waals surface area contributed by atoms with Gasteiger partial charge in [-0.25, -0.2) is 0 Å². The van der Waals surface area contributed by atoms with E-state index in [1.165, 1.54) is 5.69 Å². The Morgan fingerprint density at radius 2 is 2.10 bits per heavy atom. The Kier molecular flexibility index (Phi) is 5.06. The molecule has 6 heteroatoms. The van der Waals surface area contributed by atoms with Crippen molar-refractivity contribution in [2.45, 2.75) is 6.42 Å². The van der Waals surface area contributed by atoms with E-state index in [2.05, 4.69) is 27.1 Å². The molecular weight excluding hydrogens is 256 g/mol. The molecule has 0 bridgehead atoms. The lowest BCUT2D eigenvalue weighted by Gasteiger charge is -2.36. The fourth-order valence-electron chi connectivity index (χ4n) is 2.36. The topological polar surface area (TPSA) is 74.3 Å². The Labute approximate surface area is 119 Å². The smallest absolute Gasteiger partial charge is 0.140 e. The van der Waals surface area contributed by atoms with Crippen LogP contribution in [0.4, 0.5) is 5.69 Å². The predicted octanol–water partition coefficient (Wildman–Crippen LogP) is 0.954. The number of anilines is 1. The third kappa shape index (κ3) is 3.77. The van der Waals surface area contributed by atoms with Crippen molar-refractivity contribution in [3.8, 4) is 5.75 Å². The maximum absolute atomic E-state index is 8.53. The van der Waals surface area contributed by atoms with E-state index in [0.29, 0.717) is 12.3 Å². The standard InChI is InChI=1S/C14H22N4O2/c1-20-13-4-2-3-12(11-13)18-9-7-17(8-10-18)6-5-14(15)16-19/h2-4,11,19H,5-10H2,1H3,(H2,15,16). The van der Waals surface area contributed by atoms with E-state index in [9.17, 15) is 0 Å². The minimum absolute atomic E-state index is 0.292. The van der Waals surface area contributed by atoms with Crippen LogP contribution in [0.1, 0.15) is 6.42 Å². The lowest BCUT2D eigenvalue weighted by Crippen LogP contribution is -2.47. The van der Waals surface area contributed by atoms with Gasteiger partial charge in [0.2, 0.25) is 0 Å². The van der Waals surface area contributed by atoms with Crippen LogP contribution < -0.4 is 15.4 Å². The number of hydrogen-bond acceptors (Lipinski definition) is 5. The molecule has 1 saturated heterocycles. The summed E-state index contributed by atoms with van der Waals surface area (Å²) < 4.78 is 5.26. The Morgan fingerprint density at radius 1 is 1.35 bits per heavy atom. The van der Waals surface area contributed by atoms with Crippen LogP contribution >= 0.6 is 0 Å². The summed E-state index contributed by atoms with van der Waals surface area (Å²) in [5.41, 5.74) is 6.68. The molecule has 3 N–H and O–H groups in total. The van der Waals surface area contributed by atoms with Crippen molar-refractivity contribution in [1.29, 1.82) is 0 Å². The molecule has 1 aliphatic rings. The van der Waals surface area contributed by atoms with Gasteiger partial charge in [0.05, 0.1) is 7.11 Å². The average molecular weight is 278 g/mol. The first-order valence-electron chi connectivity index (χ1n) is 6.80. The minimum Gasteiger partial charge on any atom is -0.497 e. The van der Waals surface area contributed by atoms with E-state index in [-0.39, 0.29) is 0 Å². The van der Waals surface area contributed by atoms with Gasteiger partial charge in [-0.2, -0.15) is 0 Å². The number of hydrogen-bond donors (Lipinski definition) is 2. The number of nitrogens with two attached hydrogens (primary N) is 1. The van der Waals surface area contributed by atoms with Crippen molar-refractivity contribution in [3.05, 3.63) is 24.3 Å². The summed E-state index contributed by atoms with van der Waals surface area (Å²) >= 11 is 0. The van der Waals surface area contributed by atoms with E-state index >= 15 is 0 Å². The highest BCUT2D eigenvalue weighted by Crippen LogP contribution is 2.22. The first kappa shape index (κ1) is 14.5. The van der Waals surface area contributed by atoms with Crippen molar-refractivity contribution in [2.75, 3.05) is 44.7 Å². The van der Waals surface area contributed by atoms with Gasteiger partial charge >= 0.3 is 0 Å². The monoisotopic (exact) mass is 278 g/mol. The van der Waals surface area contributed by atoms with Gasteiger partial charge in [0.25, 0.3) is 0 Å². The first-order chi connectivity index (χ1) is 9.72. The van der Waals surface area contributed by atoms with E-state index in [1.807, 2.05) is 12.1 Å². The molecule has 1 heterocycles. The largest absolute Gasteiger partial charge is 0.497 e. The highest BCUT2D eigenvalue weighted by atomic mass is 16.5. The number of piperazine rings is 1. The van der Waals surface area contributed by atoms with Crippen LogP contribution in [0.5, 0.6) is 5.75 Å². The van der Waals surface area contributed by atoms with Crippen LogP contribution in [0.25, 0.3) is 0 Å². The van der Waals surface area contributed by atoms with Gasteiger partial charge in [0, 0.05) is 50.9 Å². The number of ether oxygens (including phenoxy) is 1. The quantitative estimate of drug-likeness (QED) is 0.363. The highest BCUT2D eigenvalue weighted by molar-refractivity contribution is 5.79. The van der Waals surface area contributed by atoms with Crippen LogP contribution in [0, 0.1) is 0 Å². The fraction of sp³-hybridized carbons (Fsp3) is 0.500. The second kappa shape index (κ2) is 7.00. The molecule has 0 saturated carbocycles. The molecule has 1 aromatic carbocycles. The van der Waals surface area contributed by atoms with Crippen molar-refractivity contribution in [2.24, 2.45) is 10.9 Å². The Balaban J connectivity index is 1.84. The normalized spacial score (nSPS) is 17.2. The van der Waals surface area contributed by atoms with Crippen LogP contribution in [0.15, 0.2) is 29.4 Å². The van der Waals surface area contributed by atoms with Gasteiger partial charge in [0.1, 0.15) is 11.6 Å². The SMILES string of the molecule is COc1cccc(N2CCN(CC/C(N)=N/O)CC2)c1. The third-order valence-corrected chi connectivity index (χ3v) is 3.60. The van der Waals surface area contributed by atoms with Crippen molar-refractivity contribution in [3.63, 3.8) is 0 Å². The van der Waals surface area contributed by atoms with Crippen molar-refractivity contribution >= 4 is 11.5 Å². The molecule has 0 radical (unpaired) electrons. The van der Waals surface area contributed by atoms with Gasteiger partial charge in [-0.1, -0.05) is 11.2 Å². The molecule has 0 spiro atoms. The Morgan fingerprint density at radius 3 is 2.75 bits per heavy atom. The lowest BCUT2D eigenvalue weighted by molar-refractivity contribution is 0.262. The van der Waals surface area contributed by atoms with Crippen LogP contribution in [0.3, 0.4) is 0 Å². The molecule has 0 aliphatic carbocycles. The second-order valence-corrected chi connectivity index (χ2v) is 4.87. The van der Waals surface area contributed by atoms with E-state index in [0.717, 1.165) is 38.5 Å². The molecule has 1 aliphatic heterocycles. The van der Waals surface area contributed by atoms with Crippen LogP contribution in [-0.2, 0) is 0 Å². The second-order valence-electron chi connectivity index (χ2n) is 4.87. The molecule has 0 amide bonds. The molecule has 20 heavy (non-hydrogen) atoms. The van der Waals surface area contributed by atoms with Crippen molar-refractivity contribution < 1.29 is 9.94 Å². The molecule has 0 unspecified atom stereocenters. The molecule has 1 aromatic rings. The van der Waals surface area contributed by atoms with Crippen LogP contribution in [-0.4, -0.2) is 55.8 Å². The summed E-state index contributed by atoms with van der Waals surface area (Å²) in [4.78, 5) is 4.68. The maximum atomic E-state index is 8.53. The summed E-state index contributed by atoms with van der Waals surface area (Å²) in [7, 11) is 1.68. The average Bonchev–Trinajstić information content (AvgIpc) is 2.53. The number of amidine groups is 1. The zero-order valence-electron chi connectivity index (χ0n) is 11.8. The number of rotatable bonds is 5. The number of methoxy groups -OCH3 is 1. The molecule has 0 aromatic heterocycles. The fourth-order valence-corrected chi connectivity index (χ4v) is 2.36. The van der Waals surface area contributed by atoms with Crippen molar-refractivity contribution in [1.82, 2.24) is 4.90 Å². The summed E-state index contributed by atoms with van der Waals surface area (Å²) in [6.45, 7) is 4.75. The number of nitrogens with zero attached hydrogens (tertiary/aromatic N) is 3. The highest BCUT2D eigenvalue weighted by Gasteiger charge is 2.17. The Bertz CT molecular complexity index is 456. The Hall–Kier alpha value is -1.95. The molecular formula is C14H22N4O2. The third-order valence-electron chi connectivity index (χ3n) is 3.60. The lowest BCUT2D eigenvalue weighted by atomic mass is 10.2. The molecule has 2 rings (SSSR count). The van der Waals surface area contributed by atoms with E-state index < -0.39 is 0 Å². The minimum atomic E-state index is 0.292. The predicted molar refractivity (Wildman–Crippen MR) is 79.7 cm³/mol. The maximum Gasteiger partial charge on any atom is 0.140 e. The molecule has 1 fully saturated rings. The van der Waals surface area contributed by atoms with E-state index in [4.69, 9.17) is 15.7 Å². The zero-order chi connectivity index (χ0) is 14.4. The summed E-state index contributed by atoms with van der Waals surface area (Å²) in [6, 6.07) is 8.14. The van der Waals surface area contributed by atoms with Gasteiger partial charge in [-0.15, -0.1) is 0 Å². The van der Waals surface area contributed by atoms with Gasteiger partial charge in [0.15, 0.2) is 0 Å². The van der Waals surface area contributed by atoms with E-state index in [1.54, 1.807) is 7.11 Å². The van der Waals surface area contributed by atoms with Gasteiger partial charge in [-0.3, -0.25) is 4.90 Å². The number of oxime groups is 1. The van der Waals surface area contributed by atoms with Gasteiger partial charge in [-0.05, 0) is 12.1 Å². The molecule has 6 nitrogen and oxygen atoms in total. The summed E-state index contributed by atoms with van der Waals surface area (Å²) in [6.07, 6.45) is 0.607.